The van der Waals surface area contributed by atoms with Gasteiger partial charge in [-0.1, -0.05) is 6.92 Å². The summed E-state index contributed by atoms with van der Waals surface area (Å²) in [6.45, 7) is 4.39. The monoisotopic (exact) mass is 198 g/mol. The van der Waals surface area contributed by atoms with Crippen LogP contribution >= 0.6 is 11.3 Å². The summed E-state index contributed by atoms with van der Waals surface area (Å²) in [5, 5.41) is 4.51. The summed E-state index contributed by atoms with van der Waals surface area (Å²) in [6, 6.07) is 0.551. The third-order valence-corrected chi connectivity index (χ3v) is 3.14. The van der Waals surface area contributed by atoms with Crippen LogP contribution in [0.3, 0.4) is 0 Å². The Morgan fingerprint density at radius 2 is 2.38 bits per heavy atom. The molecule has 3 heteroatoms. The van der Waals surface area contributed by atoms with Gasteiger partial charge in [-0.05, 0) is 33.2 Å². The standard InChI is InChI=1S/C10H18N2S/c1-4-5-10-12-7-9(13-10)6-8(2)11-3/h7-8,11H,4-6H2,1-3H3. The maximum Gasteiger partial charge on any atom is 0.0927 e. The van der Waals surface area contributed by atoms with Crippen molar-refractivity contribution >= 4 is 11.3 Å². The normalized spacial score (nSPS) is 13.2. The van der Waals surface area contributed by atoms with Crippen LogP contribution in [0, 0.1) is 0 Å². The Labute approximate surface area is 84.4 Å². The Bertz CT molecular complexity index is 245. The van der Waals surface area contributed by atoms with Crippen LogP contribution in [0.15, 0.2) is 6.20 Å². The minimum atomic E-state index is 0.551. The largest absolute Gasteiger partial charge is 0.317 e. The number of nitrogens with zero attached hydrogens (tertiary/aromatic N) is 1. The molecule has 0 bridgehead atoms. The number of rotatable bonds is 5. The minimum Gasteiger partial charge on any atom is -0.317 e. The van der Waals surface area contributed by atoms with Gasteiger partial charge in [0.05, 0.1) is 5.01 Å². The molecule has 1 N–H and O–H groups in total. The average molecular weight is 198 g/mol. The van der Waals surface area contributed by atoms with E-state index in [1.165, 1.54) is 16.3 Å². The smallest absolute Gasteiger partial charge is 0.0927 e. The first-order valence-corrected chi connectivity index (χ1v) is 5.68. The fourth-order valence-corrected chi connectivity index (χ4v) is 2.33. The van der Waals surface area contributed by atoms with Crippen molar-refractivity contribution in [3.8, 4) is 0 Å². The lowest BCUT2D eigenvalue weighted by Gasteiger charge is -2.06. The summed E-state index contributed by atoms with van der Waals surface area (Å²) >= 11 is 1.85. The molecule has 74 valence electrons. The molecule has 1 unspecified atom stereocenters. The second kappa shape index (κ2) is 5.35. The molecule has 0 spiro atoms. The van der Waals surface area contributed by atoms with Gasteiger partial charge in [0.2, 0.25) is 0 Å². The average Bonchev–Trinajstić information content (AvgIpc) is 2.53. The Morgan fingerprint density at radius 3 is 3.00 bits per heavy atom. The highest BCUT2D eigenvalue weighted by Gasteiger charge is 2.04. The van der Waals surface area contributed by atoms with Gasteiger partial charge in [-0.3, -0.25) is 0 Å². The molecule has 0 radical (unpaired) electrons. The maximum absolute atomic E-state index is 4.38. The molecule has 0 aliphatic heterocycles. The van der Waals surface area contributed by atoms with Crippen molar-refractivity contribution in [3.63, 3.8) is 0 Å². The number of hydrogen-bond donors (Lipinski definition) is 1. The van der Waals surface area contributed by atoms with Crippen molar-refractivity contribution in [2.75, 3.05) is 7.05 Å². The molecule has 0 amide bonds. The minimum absolute atomic E-state index is 0.551. The molecule has 13 heavy (non-hydrogen) atoms. The van der Waals surface area contributed by atoms with E-state index in [1.54, 1.807) is 0 Å². The molecule has 1 heterocycles. The van der Waals surface area contributed by atoms with Gasteiger partial charge in [0.1, 0.15) is 0 Å². The summed E-state index contributed by atoms with van der Waals surface area (Å²) in [5.41, 5.74) is 0. The first kappa shape index (κ1) is 10.7. The van der Waals surface area contributed by atoms with Gasteiger partial charge in [-0.25, -0.2) is 4.98 Å². The van der Waals surface area contributed by atoms with E-state index in [0.29, 0.717) is 6.04 Å². The van der Waals surface area contributed by atoms with Crippen molar-refractivity contribution in [1.29, 1.82) is 0 Å². The molecule has 0 aromatic carbocycles. The van der Waals surface area contributed by atoms with Gasteiger partial charge in [0.15, 0.2) is 0 Å². The SMILES string of the molecule is CCCc1ncc(CC(C)NC)s1. The zero-order valence-electron chi connectivity index (χ0n) is 8.63. The summed E-state index contributed by atoms with van der Waals surface area (Å²) < 4.78 is 0. The molecule has 1 atom stereocenters. The highest BCUT2D eigenvalue weighted by atomic mass is 32.1. The van der Waals surface area contributed by atoms with Crippen LogP contribution in [0.2, 0.25) is 0 Å². The molecular weight excluding hydrogens is 180 g/mol. The Kier molecular flexibility index (Phi) is 4.39. The maximum atomic E-state index is 4.38. The van der Waals surface area contributed by atoms with E-state index >= 15 is 0 Å². The molecule has 1 aromatic heterocycles. The number of thiazole rings is 1. The lowest BCUT2D eigenvalue weighted by molar-refractivity contribution is 0.612. The fraction of sp³-hybridized carbons (Fsp3) is 0.700. The van der Waals surface area contributed by atoms with E-state index in [1.807, 2.05) is 24.6 Å². The summed E-state index contributed by atoms with van der Waals surface area (Å²) in [5.74, 6) is 0. The Morgan fingerprint density at radius 1 is 1.62 bits per heavy atom. The summed E-state index contributed by atoms with van der Waals surface area (Å²) in [6.07, 6.45) is 5.43. The van der Waals surface area contributed by atoms with Crippen molar-refractivity contribution in [1.82, 2.24) is 10.3 Å². The number of nitrogens with one attached hydrogen (secondary N) is 1. The highest BCUT2D eigenvalue weighted by molar-refractivity contribution is 7.11. The van der Waals surface area contributed by atoms with Crippen molar-refractivity contribution in [2.24, 2.45) is 0 Å². The van der Waals surface area contributed by atoms with Gasteiger partial charge < -0.3 is 5.32 Å². The van der Waals surface area contributed by atoms with Gasteiger partial charge >= 0.3 is 0 Å². The van der Waals surface area contributed by atoms with Crippen molar-refractivity contribution in [3.05, 3.63) is 16.1 Å². The number of likely N-dealkylation sites (N-methyl/N-ethyl adjacent to an activating group) is 1. The quantitative estimate of drug-likeness (QED) is 0.785. The predicted molar refractivity (Wildman–Crippen MR) is 58.3 cm³/mol. The van der Waals surface area contributed by atoms with Crippen LogP contribution in [-0.2, 0) is 12.8 Å². The van der Waals surface area contributed by atoms with Crippen LogP contribution in [-0.4, -0.2) is 18.1 Å². The zero-order chi connectivity index (χ0) is 9.68. The molecule has 0 saturated carbocycles. The van der Waals surface area contributed by atoms with Crippen molar-refractivity contribution < 1.29 is 0 Å². The molecule has 0 fully saturated rings. The molecular formula is C10H18N2S. The second-order valence-corrected chi connectivity index (χ2v) is 4.56. The predicted octanol–water partition coefficient (Wildman–Crippen LogP) is 2.25. The number of aryl methyl sites for hydroxylation is 1. The van der Waals surface area contributed by atoms with E-state index in [2.05, 4.69) is 24.1 Å². The first-order chi connectivity index (χ1) is 6.26. The third-order valence-electron chi connectivity index (χ3n) is 2.07. The van der Waals surface area contributed by atoms with E-state index in [0.717, 1.165) is 12.8 Å². The van der Waals surface area contributed by atoms with Gasteiger partial charge in [-0.2, -0.15) is 0 Å². The molecule has 1 rings (SSSR count). The van der Waals surface area contributed by atoms with Gasteiger partial charge in [0, 0.05) is 17.1 Å². The van der Waals surface area contributed by atoms with Crippen LogP contribution in [0.4, 0.5) is 0 Å². The molecule has 0 aliphatic carbocycles. The summed E-state index contributed by atoms with van der Waals surface area (Å²) in [7, 11) is 2.00. The Hall–Kier alpha value is -0.410. The highest BCUT2D eigenvalue weighted by Crippen LogP contribution is 2.15. The fourth-order valence-electron chi connectivity index (χ4n) is 1.18. The van der Waals surface area contributed by atoms with E-state index in [9.17, 15) is 0 Å². The zero-order valence-corrected chi connectivity index (χ0v) is 9.45. The van der Waals surface area contributed by atoms with Crippen LogP contribution in [0.1, 0.15) is 30.2 Å². The van der Waals surface area contributed by atoms with E-state index in [-0.39, 0.29) is 0 Å². The first-order valence-electron chi connectivity index (χ1n) is 4.87. The van der Waals surface area contributed by atoms with E-state index < -0.39 is 0 Å². The second-order valence-electron chi connectivity index (χ2n) is 3.36. The van der Waals surface area contributed by atoms with Crippen LogP contribution < -0.4 is 5.32 Å². The van der Waals surface area contributed by atoms with Crippen LogP contribution in [0.25, 0.3) is 0 Å². The van der Waals surface area contributed by atoms with Crippen molar-refractivity contribution in [2.45, 2.75) is 39.2 Å². The van der Waals surface area contributed by atoms with E-state index in [4.69, 9.17) is 0 Å². The number of hydrogen-bond acceptors (Lipinski definition) is 3. The molecule has 0 aliphatic rings. The van der Waals surface area contributed by atoms with Gasteiger partial charge in [-0.15, -0.1) is 11.3 Å². The van der Waals surface area contributed by atoms with Crippen LogP contribution in [0.5, 0.6) is 0 Å². The Balaban J connectivity index is 2.48. The number of aromatic nitrogens is 1. The lowest BCUT2D eigenvalue weighted by atomic mass is 10.2. The van der Waals surface area contributed by atoms with Gasteiger partial charge in [0.25, 0.3) is 0 Å². The lowest BCUT2D eigenvalue weighted by Crippen LogP contribution is -2.22. The third kappa shape index (κ3) is 3.44. The molecule has 1 aromatic rings. The molecule has 0 saturated heterocycles. The summed E-state index contributed by atoms with van der Waals surface area (Å²) in [4.78, 5) is 5.78. The topological polar surface area (TPSA) is 24.9 Å². The molecule has 2 nitrogen and oxygen atoms in total.